The number of hydrogen-bond donors (Lipinski definition) is 3. The summed E-state index contributed by atoms with van der Waals surface area (Å²) in [6.45, 7) is 7.21. The standard InChI is InChI=1S/C40H50FN5O9S2/c1-38(2,3)55-31(48)17-24-10-8-6-5-7-9-11-26-18-40(26,37(52)44-57(53,54)39(4)14-15-39)43-33(49)32-27-21-45(19-25(27)20-46(32)35(24)50)36(51)34-42-29(22-56-34)23-12-13-30(47)28(41)16-23/h9,11-13,16,22,24-27,32,47H,5-8,10,14-15,17-21H2,1-4H3,(H,43,49)(H,44,52)/b11-9-/t24-,25-,26+,27-,32-,40+/m0/s1. The van der Waals surface area contributed by atoms with Crippen LogP contribution in [-0.2, 0) is 33.9 Å². The molecule has 0 spiro atoms. The second-order valence-electron chi connectivity index (χ2n) is 17.5. The number of aromatic nitrogens is 1. The number of esters is 1. The van der Waals surface area contributed by atoms with Gasteiger partial charge in [0.05, 0.1) is 16.9 Å². The number of ether oxygens (including phenoxy) is 1. The number of phenols is 1. The molecule has 17 heteroatoms. The monoisotopic (exact) mass is 827 g/mol. The van der Waals surface area contributed by atoms with Crippen LogP contribution < -0.4 is 10.0 Å². The van der Waals surface area contributed by atoms with E-state index in [9.17, 15) is 41.9 Å². The lowest BCUT2D eigenvalue weighted by molar-refractivity contribution is -0.159. The van der Waals surface area contributed by atoms with Crippen molar-refractivity contribution in [2.24, 2.45) is 23.7 Å². The molecule has 2 aliphatic carbocycles. The number of nitrogens with zero attached hydrogens (tertiary/aromatic N) is 3. The zero-order valence-corrected chi connectivity index (χ0v) is 34.2. The van der Waals surface area contributed by atoms with Crippen LogP contribution in [0.15, 0.2) is 35.7 Å². The number of fused-ring (bicyclic) bond motifs is 4. The summed E-state index contributed by atoms with van der Waals surface area (Å²) in [6, 6.07) is 2.69. The molecule has 0 bridgehead atoms. The molecule has 2 saturated heterocycles. The number of allylic oxidation sites excluding steroid dienone is 1. The molecule has 4 amide bonds. The Labute approximate surface area is 335 Å². The molecule has 2 saturated carbocycles. The summed E-state index contributed by atoms with van der Waals surface area (Å²) >= 11 is 1.08. The fourth-order valence-electron chi connectivity index (χ4n) is 8.36. The number of halogens is 1. The fraction of sp³-hybridized carbons (Fsp3) is 0.600. The summed E-state index contributed by atoms with van der Waals surface area (Å²) in [5.74, 6) is -6.25. The number of aromatic hydroxyl groups is 1. The van der Waals surface area contributed by atoms with E-state index in [1.54, 1.807) is 38.0 Å². The van der Waals surface area contributed by atoms with E-state index >= 15 is 0 Å². The van der Waals surface area contributed by atoms with Crippen LogP contribution in [0.1, 0.15) is 95.3 Å². The van der Waals surface area contributed by atoms with E-state index in [0.29, 0.717) is 43.4 Å². The molecule has 1 aromatic heterocycles. The lowest BCUT2D eigenvalue weighted by Gasteiger charge is -2.33. The first-order valence-corrected chi connectivity index (χ1v) is 22.0. The van der Waals surface area contributed by atoms with Crippen molar-refractivity contribution in [3.63, 3.8) is 0 Å². The summed E-state index contributed by atoms with van der Waals surface area (Å²) in [5.41, 5.74) is -1.60. The van der Waals surface area contributed by atoms with Crippen LogP contribution in [0.25, 0.3) is 11.3 Å². The molecule has 2 aromatic rings. The topological polar surface area (TPSA) is 192 Å². The first-order chi connectivity index (χ1) is 26.8. The van der Waals surface area contributed by atoms with Crippen LogP contribution in [0.4, 0.5) is 4.39 Å². The number of sulfonamides is 1. The minimum Gasteiger partial charge on any atom is -0.505 e. The Morgan fingerprint density at radius 1 is 1.12 bits per heavy atom. The van der Waals surface area contributed by atoms with Gasteiger partial charge in [0.15, 0.2) is 16.6 Å². The Hall–Kier alpha value is -4.38. The first kappa shape index (κ1) is 40.8. The van der Waals surface area contributed by atoms with Gasteiger partial charge in [0, 0.05) is 54.2 Å². The number of phenolic OH excluding ortho intramolecular Hbond substituents is 1. The average Bonchev–Trinajstić information content (AvgIpc) is 3.81. The van der Waals surface area contributed by atoms with Crippen LogP contribution in [-0.4, -0.2) is 99.5 Å². The predicted molar refractivity (Wildman–Crippen MR) is 207 cm³/mol. The smallest absolute Gasteiger partial charge is 0.307 e. The summed E-state index contributed by atoms with van der Waals surface area (Å²) in [4.78, 5) is 77.8. The number of benzene rings is 1. The van der Waals surface area contributed by atoms with Crippen LogP contribution >= 0.6 is 11.3 Å². The lowest BCUT2D eigenvalue weighted by atomic mass is 9.92. The Kier molecular flexibility index (Phi) is 10.8. The number of likely N-dealkylation sites (tertiary alicyclic amines) is 1. The van der Waals surface area contributed by atoms with E-state index in [0.717, 1.165) is 30.2 Å². The molecule has 3 aliphatic heterocycles. The SMILES string of the molecule is CC(C)(C)OC(=O)C[C@@H]1CCCCC/C=C\[C@@H]2C[C@@]2(C(=O)NS(=O)(=O)C2(C)CC2)NC(=O)[C@@H]2[C@H]3CN(C(=O)c4nc(-c5ccc(O)c(F)c5)cs4)C[C@H]3CN2C1=O. The number of thiazole rings is 1. The molecular weight excluding hydrogens is 778 g/mol. The maximum atomic E-state index is 14.7. The van der Waals surface area contributed by atoms with Gasteiger partial charge in [-0.15, -0.1) is 11.3 Å². The maximum Gasteiger partial charge on any atom is 0.307 e. The second kappa shape index (κ2) is 15.1. The lowest BCUT2D eigenvalue weighted by Crippen LogP contribution is -2.59. The molecule has 4 fully saturated rings. The number of carbonyl (C=O) groups excluding carboxylic acids is 5. The Bertz CT molecular complexity index is 2110. The van der Waals surface area contributed by atoms with Gasteiger partial charge in [0.25, 0.3) is 11.8 Å². The summed E-state index contributed by atoms with van der Waals surface area (Å²) in [7, 11) is -4.03. The molecule has 4 heterocycles. The van der Waals surface area contributed by atoms with Crippen LogP contribution in [0, 0.1) is 29.5 Å². The van der Waals surface area contributed by atoms with Gasteiger partial charge in [-0.3, -0.25) is 28.7 Å². The highest BCUT2D eigenvalue weighted by atomic mass is 32.2. The van der Waals surface area contributed by atoms with Gasteiger partial charge in [-0.1, -0.05) is 25.0 Å². The van der Waals surface area contributed by atoms with E-state index in [1.165, 1.54) is 17.0 Å². The van der Waals surface area contributed by atoms with E-state index in [2.05, 4.69) is 15.0 Å². The molecule has 1 aromatic carbocycles. The van der Waals surface area contributed by atoms with Crippen molar-refractivity contribution < 1.29 is 46.6 Å². The minimum absolute atomic E-state index is 0.0834. The Morgan fingerprint density at radius 3 is 2.58 bits per heavy atom. The van der Waals surface area contributed by atoms with Crippen molar-refractivity contribution in [2.75, 3.05) is 19.6 Å². The van der Waals surface area contributed by atoms with E-state index in [1.807, 2.05) is 12.2 Å². The van der Waals surface area contributed by atoms with Crippen LogP contribution in [0.5, 0.6) is 5.75 Å². The molecule has 0 radical (unpaired) electrons. The highest BCUT2D eigenvalue weighted by Gasteiger charge is 2.64. The van der Waals surface area contributed by atoms with Gasteiger partial charge in [0.1, 0.15) is 17.2 Å². The number of carbonyl (C=O) groups is 5. The van der Waals surface area contributed by atoms with Crippen LogP contribution in [0.3, 0.4) is 0 Å². The molecule has 6 atom stereocenters. The summed E-state index contributed by atoms with van der Waals surface area (Å²) < 4.78 is 47.3. The molecule has 5 aliphatic rings. The van der Waals surface area contributed by atoms with E-state index in [-0.39, 0.29) is 49.3 Å². The average molecular weight is 828 g/mol. The van der Waals surface area contributed by atoms with Gasteiger partial charge in [0.2, 0.25) is 21.8 Å². The van der Waals surface area contributed by atoms with Crippen molar-refractivity contribution >= 4 is 51.0 Å². The zero-order chi connectivity index (χ0) is 41.1. The van der Waals surface area contributed by atoms with Gasteiger partial charge >= 0.3 is 5.97 Å². The van der Waals surface area contributed by atoms with Crippen molar-refractivity contribution in [1.29, 1.82) is 0 Å². The molecule has 14 nitrogen and oxygen atoms in total. The third-order valence-corrected chi connectivity index (χ3v) is 15.0. The Morgan fingerprint density at radius 2 is 1.88 bits per heavy atom. The van der Waals surface area contributed by atoms with Gasteiger partial charge in [-0.05, 0) is 84.4 Å². The molecule has 3 N–H and O–H groups in total. The summed E-state index contributed by atoms with van der Waals surface area (Å²) in [5, 5.41) is 14.3. The normalized spacial score (nSPS) is 29.2. The third-order valence-electron chi connectivity index (χ3n) is 12.0. The highest BCUT2D eigenvalue weighted by molar-refractivity contribution is 7.91. The zero-order valence-electron chi connectivity index (χ0n) is 32.6. The molecule has 7 rings (SSSR count). The van der Waals surface area contributed by atoms with Crippen molar-refractivity contribution in [1.82, 2.24) is 24.8 Å². The number of rotatable bonds is 7. The maximum absolute atomic E-state index is 14.7. The number of nitrogens with one attached hydrogen (secondary N) is 2. The van der Waals surface area contributed by atoms with E-state index < -0.39 is 85.0 Å². The first-order valence-electron chi connectivity index (χ1n) is 19.6. The molecule has 57 heavy (non-hydrogen) atoms. The summed E-state index contributed by atoms with van der Waals surface area (Å²) in [6.07, 6.45) is 7.91. The van der Waals surface area contributed by atoms with Crippen molar-refractivity contribution in [3.8, 4) is 17.0 Å². The largest absolute Gasteiger partial charge is 0.505 e. The Balaban J connectivity index is 1.17. The van der Waals surface area contributed by atoms with Crippen LogP contribution in [0.2, 0.25) is 0 Å². The molecular formula is C40H50FN5O9S2. The highest BCUT2D eigenvalue weighted by Crippen LogP contribution is 2.48. The second-order valence-corrected chi connectivity index (χ2v) is 20.5. The predicted octanol–water partition coefficient (Wildman–Crippen LogP) is 4.30. The van der Waals surface area contributed by atoms with Crippen molar-refractivity contribution in [3.05, 3.63) is 46.6 Å². The third kappa shape index (κ3) is 8.32. The van der Waals surface area contributed by atoms with Crippen molar-refractivity contribution in [2.45, 2.75) is 107 Å². The molecule has 308 valence electrons. The molecule has 0 unspecified atom stereocenters. The minimum atomic E-state index is -4.03. The number of amides is 4. The quantitative estimate of drug-likeness (QED) is 0.268. The van der Waals surface area contributed by atoms with E-state index in [4.69, 9.17) is 4.74 Å². The van der Waals surface area contributed by atoms with Gasteiger partial charge in [-0.25, -0.2) is 17.8 Å². The fourth-order valence-corrected chi connectivity index (χ4v) is 10.5. The van der Waals surface area contributed by atoms with Gasteiger partial charge in [-0.2, -0.15) is 0 Å². The number of hydrogen-bond acceptors (Lipinski definition) is 11. The van der Waals surface area contributed by atoms with Gasteiger partial charge < -0.3 is 25.0 Å².